The molecule has 1 aliphatic rings. The van der Waals surface area contributed by atoms with Crippen molar-refractivity contribution in [3.05, 3.63) is 17.7 Å². The molecule has 27 heavy (non-hydrogen) atoms. The zero-order valence-corrected chi connectivity index (χ0v) is 15.7. The number of nitrogens with one attached hydrogen (secondary N) is 2. The van der Waals surface area contributed by atoms with Gasteiger partial charge in [0.1, 0.15) is 5.75 Å². The number of rotatable bonds is 11. The first kappa shape index (κ1) is 21.0. The van der Waals surface area contributed by atoms with E-state index in [1.807, 2.05) is 6.92 Å². The number of hydrogen-bond acceptors (Lipinski definition) is 5. The number of unbranched alkanes of at least 4 members (excludes halogenated alkanes) is 1. The molecule has 1 aromatic rings. The standard InChI is InChI=1S/C18H27F2N3O4/c1-3-5-7-24-8-6-22-18(21-4-2)23-11-13-9-15-16(26-12-25-15)10-14(13)27-17(19)20/h9-10,17H,3-8,11-12H2,1-2H3,(H2,21,22,23). The van der Waals surface area contributed by atoms with E-state index in [9.17, 15) is 8.78 Å². The van der Waals surface area contributed by atoms with Gasteiger partial charge in [0.25, 0.3) is 0 Å². The van der Waals surface area contributed by atoms with Gasteiger partial charge in [0.15, 0.2) is 17.5 Å². The molecule has 0 unspecified atom stereocenters. The van der Waals surface area contributed by atoms with Gasteiger partial charge in [-0.3, -0.25) is 0 Å². The van der Waals surface area contributed by atoms with E-state index < -0.39 is 6.61 Å². The molecule has 2 rings (SSSR count). The second-order valence-electron chi connectivity index (χ2n) is 5.78. The number of benzene rings is 1. The number of guanidine groups is 1. The Morgan fingerprint density at radius 1 is 1.19 bits per heavy atom. The lowest BCUT2D eigenvalue weighted by Gasteiger charge is -2.13. The van der Waals surface area contributed by atoms with Crippen LogP contribution in [0.3, 0.4) is 0 Å². The number of hydrogen-bond donors (Lipinski definition) is 2. The fourth-order valence-electron chi connectivity index (χ4n) is 2.39. The van der Waals surface area contributed by atoms with Crippen molar-refractivity contribution in [3.63, 3.8) is 0 Å². The minimum Gasteiger partial charge on any atom is -0.454 e. The molecular weight excluding hydrogens is 360 g/mol. The summed E-state index contributed by atoms with van der Waals surface area (Å²) in [5, 5.41) is 6.26. The Morgan fingerprint density at radius 2 is 1.96 bits per heavy atom. The molecule has 0 bridgehead atoms. The maximum atomic E-state index is 12.7. The van der Waals surface area contributed by atoms with Crippen molar-refractivity contribution in [3.8, 4) is 17.2 Å². The lowest BCUT2D eigenvalue weighted by Crippen LogP contribution is -2.39. The van der Waals surface area contributed by atoms with Gasteiger partial charge in [0, 0.05) is 31.3 Å². The van der Waals surface area contributed by atoms with Crippen LogP contribution < -0.4 is 24.8 Å². The van der Waals surface area contributed by atoms with Gasteiger partial charge in [-0.2, -0.15) is 8.78 Å². The average Bonchev–Trinajstić information content (AvgIpc) is 3.09. The molecule has 0 fully saturated rings. The van der Waals surface area contributed by atoms with Crippen LogP contribution in [0.5, 0.6) is 17.2 Å². The Bertz CT molecular complexity index is 615. The summed E-state index contributed by atoms with van der Waals surface area (Å²) >= 11 is 0. The maximum absolute atomic E-state index is 12.7. The second-order valence-corrected chi connectivity index (χ2v) is 5.78. The number of aliphatic imine (C=N–C) groups is 1. The summed E-state index contributed by atoms with van der Waals surface area (Å²) in [7, 11) is 0. The van der Waals surface area contributed by atoms with Gasteiger partial charge in [0.05, 0.1) is 13.2 Å². The molecule has 7 nitrogen and oxygen atoms in total. The van der Waals surface area contributed by atoms with Gasteiger partial charge in [-0.05, 0) is 19.4 Å². The quantitative estimate of drug-likeness (QED) is 0.346. The topological polar surface area (TPSA) is 73.3 Å². The third-order valence-electron chi connectivity index (χ3n) is 3.70. The highest BCUT2D eigenvalue weighted by molar-refractivity contribution is 5.79. The molecule has 1 heterocycles. The fraction of sp³-hybridized carbons (Fsp3) is 0.611. The van der Waals surface area contributed by atoms with Crippen LogP contribution in [0.25, 0.3) is 0 Å². The Kier molecular flexibility index (Phi) is 8.90. The number of nitrogens with zero attached hydrogens (tertiary/aromatic N) is 1. The summed E-state index contributed by atoms with van der Waals surface area (Å²) < 4.78 is 46.0. The summed E-state index contributed by atoms with van der Waals surface area (Å²) in [6.45, 7) is 3.89. The molecule has 1 aliphatic heterocycles. The van der Waals surface area contributed by atoms with Gasteiger partial charge in [-0.1, -0.05) is 13.3 Å². The summed E-state index contributed by atoms with van der Waals surface area (Å²) in [6.07, 6.45) is 2.13. The maximum Gasteiger partial charge on any atom is 0.387 e. The van der Waals surface area contributed by atoms with Crippen LogP contribution in [0.2, 0.25) is 0 Å². The minimum absolute atomic E-state index is 0.0248. The molecule has 0 amide bonds. The van der Waals surface area contributed by atoms with Crippen LogP contribution in [-0.4, -0.2) is 45.7 Å². The van der Waals surface area contributed by atoms with E-state index in [1.54, 1.807) is 6.07 Å². The Morgan fingerprint density at radius 3 is 2.67 bits per heavy atom. The van der Waals surface area contributed by atoms with Crippen LogP contribution in [0.4, 0.5) is 8.78 Å². The van der Waals surface area contributed by atoms with Crippen molar-refractivity contribution in [1.29, 1.82) is 0 Å². The lowest BCUT2D eigenvalue weighted by molar-refractivity contribution is -0.0505. The molecule has 0 aromatic heterocycles. The van der Waals surface area contributed by atoms with Gasteiger partial charge in [0.2, 0.25) is 6.79 Å². The van der Waals surface area contributed by atoms with Crippen molar-refractivity contribution in [1.82, 2.24) is 10.6 Å². The molecule has 0 radical (unpaired) electrons. The average molecular weight is 387 g/mol. The predicted octanol–water partition coefficient (Wildman–Crippen LogP) is 2.89. The van der Waals surface area contributed by atoms with Crippen LogP contribution in [0.15, 0.2) is 17.1 Å². The van der Waals surface area contributed by atoms with Crippen molar-refractivity contribution in [2.75, 3.05) is 33.1 Å². The lowest BCUT2D eigenvalue weighted by atomic mass is 10.1. The van der Waals surface area contributed by atoms with E-state index >= 15 is 0 Å². The SMILES string of the molecule is CCCCOCCNC(=NCc1cc2c(cc1OC(F)F)OCO2)NCC. The first-order chi connectivity index (χ1) is 13.1. The Balaban J connectivity index is 1.99. The summed E-state index contributed by atoms with van der Waals surface area (Å²) in [5.41, 5.74) is 0.482. The molecule has 9 heteroatoms. The first-order valence-corrected chi connectivity index (χ1v) is 9.11. The third kappa shape index (κ3) is 7.09. The highest BCUT2D eigenvalue weighted by atomic mass is 19.3. The van der Waals surface area contributed by atoms with Gasteiger partial charge in [-0.15, -0.1) is 0 Å². The number of ether oxygens (including phenoxy) is 4. The van der Waals surface area contributed by atoms with Crippen molar-refractivity contribution < 1.29 is 27.7 Å². The molecule has 0 saturated carbocycles. The molecule has 0 atom stereocenters. The van der Waals surface area contributed by atoms with Gasteiger partial charge in [-0.25, -0.2) is 4.99 Å². The highest BCUT2D eigenvalue weighted by Gasteiger charge is 2.20. The molecule has 2 N–H and O–H groups in total. The Labute approximate surface area is 158 Å². The molecule has 0 saturated heterocycles. The minimum atomic E-state index is -2.93. The van der Waals surface area contributed by atoms with Gasteiger partial charge < -0.3 is 29.6 Å². The number of halogens is 2. The largest absolute Gasteiger partial charge is 0.454 e. The monoisotopic (exact) mass is 387 g/mol. The van der Waals surface area contributed by atoms with E-state index in [4.69, 9.17) is 14.2 Å². The smallest absolute Gasteiger partial charge is 0.387 e. The zero-order chi connectivity index (χ0) is 19.5. The number of fused-ring (bicyclic) bond motifs is 1. The Hall–Kier alpha value is -2.29. The summed E-state index contributed by atoms with van der Waals surface area (Å²) in [4.78, 5) is 4.43. The number of alkyl halides is 2. The molecule has 152 valence electrons. The van der Waals surface area contributed by atoms with E-state index in [-0.39, 0.29) is 19.1 Å². The van der Waals surface area contributed by atoms with Crippen LogP contribution in [0.1, 0.15) is 32.3 Å². The molecule has 0 spiro atoms. The normalized spacial score (nSPS) is 13.1. The predicted molar refractivity (Wildman–Crippen MR) is 97.7 cm³/mol. The highest BCUT2D eigenvalue weighted by Crippen LogP contribution is 2.38. The molecule has 1 aromatic carbocycles. The first-order valence-electron chi connectivity index (χ1n) is 9.11. The van der Waals surface area contributed by atoms with E-state index in [1.165, 1.54) is 6.07 Å². The van der Waals surface area contributed by atoms with Crippen LogP contribution in [-0.2, 0) is 11.3 Å². The van der Waals surface area contributed by atoms with E-state index in [0.717, 1.165) is 19.4 Å². The fourth-order valence-corrected chi connectivity index (χ4v) is 2.39. The van der Waals surface area contributed by atoms with E-state index in [2.05, 4.69) is 27.3 Å². The summed E-state index contributed by atoms with van der Waals surface area (Å²) in [5.74, 6) is 1.46. The zero-order valence-electron chi connectivity index (χ0n) is 15.7. The second kappa shape index (κ2) is 11.4. The summed E-state index contributed by atoms with van der Waals surface area (Å²) in [6, 6.07) is 3.02. The molecule has 0 aliphatic carbocycles. The van der Waals surface area contributed by atoms with Crippen LogP contribution >= 0.6 is 0 Å². The van der Waals surface area contributed by atoms with Crippen molar-refractivity contribution >= 4 is 5.96 Å². The van der Waals surface area contributed by atoms with Gasteiger partial charge >= 0.3 is 6.61 Å². The van der Waals surface area contributed by atoms with E-state index in [0.29, 0.717) is 42.7 Å². The van der Waals surface area contributed by atoms with Crippen molar-refractivity contribution in [2.24, 2.45) is 4.99 Å². The third-order valence-corrected chi connectivity index (χ3v) is 3.70. The molecular formula is C18H27F2N3O4. The van der Waals surface area contributed by atoms with Crippen LogP contribution in [0, 0.1) is 0 Å². The van der Waals surface area contributed by atoms with Crippen molar-refractivity contribution in [2.45, 2.75) is 39.8 Å².